The second-order valence-corrected chi connectivity index (χ2v) is 5.86. The van der Waals surface area contributed by atoms with E-state index in [1.807, 2.05) is 0 Å². The summed E-state index contributed by atoms with van der Waals surface area (Å²) in [6, 6.07) is 3.68. The van der Waals surface area contributed by atoms with Crippen LogP contribution in [-0.2, 0) is 6.54 Å². The van der Waals surface area contributed by atoms with Crippen molar-refractivity contribution in [3.05, 3.63) is 35.4 Å². The zero-order valence-electron chi connectivity index (χ0n) is 12.0. The van der Waals surface area contributed by atoms with Crippen LogP contribution in [0, 0.1) is 17.0 Å². The molecule has 2 N–H and O–H groups in total. The first-order valence-electron chi connectivity index (χ1n) is 6.73. The molecular formula is C15H24F2N2. The largest absolute Gasteiger partial charge is 0.330 e. The van der Waals surface area contributed by atoms with Gasteiger partial charge >= 0.3 is 0 Å². The zero-order chi connectivity index (χ0) is 14.5. The third kappa shape index (κ3) is 5.66. The molecule has 0 spiro atoms. The van der Waals surface area contributed by atoms with Gasteiger partial charge in [-0.25, -0.2) is 8.78 Å². The number of halogens is 2. The summed E-state index contributed by atoms with van der Waals surface area (Å²) in [6.45, 7) is 9.13. The Bertz CT molecular complexity index is 385. The molecule has 0 atom stereocenters. The molecule has 1 rings (SSSR count). The molecule has 0 aliphatic carbocycles. The van der Waals surface area contributed by atoms with E-state index in [1.54, 1.807) is 0 Å². The lowest BCUT2D eigenvalue weighted by Gasteiger charge is -2.31. The third-order valence-corrected chi connectivity index (χ3v) is 3.07. The van der Waals surface area contributed by atoms with E-state index < -0.39 is 11.6 Å². The van der Waals surface area contributed by atoms with Crippen LogP contribution in [0.5, 0.6) is 0 Å². The molecule has 0 saturated heterocycles. The molecule has 0 fully saturated rings. The van der Waals surface area contributed by atoms with Crippen molar-refractivity contribution >= 4 is 0 Å². The summed E-state index contributed by atoms with van der Waals surface area (Å²) in [4.78, 5) is 2.20. The molecule has 2 nitrogen and oxygen atoms in total. The van der Waals surface area contributed by atoms with Gasteiger partial charge in [-0.2, -0.15) is 0 Å². The molecule has 0 amide bonds. The Morgan fingerprint density at radius 3 is 2.21 bits per heavy atom. The van der Waals surface area contributed by atoms with Crippen molar-refractivity contribution in [3.8, 4) is 0 Å². The van der Waals surface area contributed by atoms with E-state index in [0.29, 0.717) is 18.7 Å². The van der Waals surface area contributed by atoms with Crippen LogP contribution in [0.1, 0.15) is 32.8 Å². The van der Waals surface area contributed by atoms with Crippen LogP contribution in [0.2, 0.25) is 0 Å². The molecule has 4 heteroatoms. The highest BCUT2D eigenvalue weighted by molar-refractivity contribution is 5.17. The Morgan fingerprint density at radius 2 is 1.74 bits per heavy atom. The molecule has 0 bridgehead atoms. The lowest BCUT2D eigenvalue weighted by atomic mass is 9.93. The van der Waals surface area contributed by atoms with Crippen molar-refractivity contribution in [2.45, 2.75) is 33.7 Å². The maximum Gasteiger partial charge on any atom is 0.126 e. The molecule has 0 aliphatic rings. The quantitative estimate of drug-likeness (QED) is 0.824. The maximum atomic E-state index is 13.2. The summed E-state index contributed by atoms with van der Waals surface area (Å²) in [5.41, 5.74) is 6.41. The molecule has 108 valence electrons. The van der Waals surface area contributed by atoms with Crippen LogP contribution < -0.4 is 5.73 Å². The minimum atomic E-state index is -0.524. The number of benzene rings is 1. The topological polar surface area (TPSA) is 29.3 Å². The molecule has 1 aromatic carbocycles. The van der Waals surface area contributed by atoms with E-state index >= 15 is 0 Å². The van der Waals surface area contributed by atoms with Crippen molar-refractivity contribution in [2.24, 2.45) is 11.1 Å². The number of hydrogen-bond donors (Lipinski definition) is 1. The number of rotatable bonds is 7. The van der Waals surface area contributed by atoms with Crippen LogP contribution in [0.25, 0.3) is 0 Å². The lowest BCUT2D eigenvalue weighted by Crippen LogP contribution is -2.38. The average molecular weight is 270 g/mol. The Hall–Kier alpha value is -1.00. The first-order valence-corrected chi connectivity index (χ1v) is 6.73. The van der Waals surface area contributed by atoms with Crippen molar-refractivity contribution in [1.82, 2.24) is 4.90 Å². The zero-order valence-corrected chi connectivity index (χ0v) is 12.0. The Labute approximate surface area is 114 Å². The second-order valence-electron chi connectivity index (χ2n) is 5.86. The molecule has 19 heavy (non-hydrogen) atoms. The van der Waals surface area contributed by atoms with Gasteiger partial charge in [0.05, 0.1) is 0 Å². The number of hydrogen-bond acceptors (Lipinski definition) is 2. The van der Waals surface area contributed by atoms with E-state index in [1.165, 1.54) is 12.1 Å². The summed E-state index contributed by atoms with van der Waals surface area (Å²) in [6.07, 6.45) is 0.998. The molecule has 0 heterocycles. The molecule has 0 unspecified atom stereocenters. The molecule has 0 aliphatic heterocycles. The molecule has 0 aromatic heterocycles. The van der Waals surface area contributed by atoms with Gasteiger partial charge in [0.1, 0.15) is 11.6 Å². The van der Waals surface area contributed by atoms with Gasteiger partial charge in [0.2, 0.25) is 0 Å². The van der Waals surface area contributed by atoms with Gasteiger partial charge in [-0.1, -0.05) is 20.8 Å². The van der Waals surface area contributed by atoms with Gasteiger partial charge in [-0.15, -0.1) is 0 Å². The summed E-state index contributed by atoms with van der Waals surface area (Å²) in [7, 11) is 0. The summed E-state index contributed by atoms with van der Waals surface area (Å²) >= 11 is 0. The minimum Gasteiger partial charge on any atom is -0.330 e. The lowest BCUT2D eigenvalue weighted by molar-refractivity contribution is 0.175. The first kappa shape index (κ1) is 16.1. The van der Waals surface area contributed by atoms with Gasteiger partial charge in [0.15, 0.2) is 0 Å². The van der Waals surface area contributed by atoms with Gasteiger partial charge < -0.3 is 5.73 Å². The van der Waals surface area contributed by atoms with Crippen LogP contribution in [0.4, 0.5) is 8.78 Å². The van der Waals surface area contributed by atoms with Gasteiger partial charge in [0.25, 0.3) is 0 Å². The summed E-state index contributed by atoms with van der Waals surface area (Å²) < 4.78 is 26.4. The average Bonchev–Trinajstić information content (AvgIpc) is 2.27. The number of nitrogens with zero attached hydrogens (tertiary/aromatic N) is 1. The van der Waals surface area contributed by atoms with Crippen molar-refractivity contribution < 1.29 is 8.78 Å². The minimum absolute atomic E-state index is 0.00103. The second kappa shape index (κ2) is 6.96. The SMILES string of the molecule is CCCN(Cc1cc(F)cc(F)c1)CC(C)(C)CN. The van der Waals surface area contributed by atoms with E-state index in [-0.39, 0.29) is 5.41 Å². The highest BCUT2D eigenvalue weighted by Gasteiger charge is 2.20. The van der Waals surface area contributed by atoms with E-state index in [2.05, 4.69) is 25.7 Å². The van der Waals surface area contributed by atoms with E-state index in [9.17, 15) is 8.78 Å². The first-order chi connectivity index (χ1) is 8.86. The van der Waals surface area contributed by atoms with Gasteiger partial charge in [-0.05, 0) is 42.6 Å². The fourth-order valence-electron chi connectivity index (χ4n) is 2.16. The molecule has 0 radical (unpaired) electrons. The Morgan fingerprint density at radius 1 is 1.16 bits per heavy atom. The maximum absolute atomic E-state index is 13.2. The Kier molecular flexibility index (Phi) is 5.88. The summed E-state index contributed by atoms with van der Waals surface area (Å²) in [5.74, 6) is -1.05. The Balaban J connectivity index is 2.77. The molecule has 1 aromatic rings. The fraction of sp³-hybridized carbons (Fsp3) is 0.600. The highest BCUT2D eigenvalue weighted by Crippen LogP contribution is 2.18. The standard InChI is InChI=1S/C15H24F2N2/c1-4-5-19(11-15(2,3)10-18)9-12-6-13(16)8-14(17)7-12/h6-8H,4-5,9-11,18H2,1-3H3. The van der Waals surface area contributed by atoms with Crippen LogP contribution >= 0.6 is 0 Å². The van der Waals surface area contributed by atoms with Gasteiger partial charge in [-0.3, -0.25) is 4.90 Å². The van der Waals surface area contributed by atoms with Crippen molar-refractivity contribution in [1.29, 1.82) is 0 Å². The van der Waals surface area contributed by atoms with Crippen molar-refractivity contribution in [2.75, 3.05) is 19.6 Å². The highest BCUT2D eigenvalue weighted by atomic mass is 19.1. The smallest absolute Gasteiger partial charge is 0.126 e. The van der Waals surface area contributed by atoms with Crippen LogP contribution in [0.15, 0.2) is 18.2 Å². The normalized spacial score (nSPS) is 12.2. The predicted molar refractivity (Wildman–Crippen MR) is 74.8 cm³/mol. The molecular weight excluding hydrogens is 246 g/mol. The van der Waals surface area contributed by atoms with Crippen LogP contribution in [0.3, 0.4) is 0 Å². The monoisotopic (exact) mass is 270 g/mol. The fourth-order valence-corrected chi connectivity index (χ4v) is 2.16. The van der Waals surface area contributed by atoms with Gasteiger partial charge in [0, 0.05) is 19.2 Å². The van der Waals surface area contributed by atoms with Crippen LogP contribution in [-0.4, -0.2) is 24.5 Å². The van der Waals surface area contributed by atoms with E-state index in [4.69, 9.17) is 5.73 Å². The molecule has 0 saturated carbocycles. The van der Waals surface area contributed by atoms with E-state index in [0.717, 1.165) is 25.6 Å². The predicted octanol–water partition coefficient (Wildman–Crippen LogP) is 3.16. The number of nitrogens with two attached hydrogens (primary N) is 1. The summed E-state index contributed by atoms with van der Waals surface area (Å²) in [5, 5.41) is 0. The third-order valence-electron chi connectivity index (χ3n) is 3.07. The van der Waals surface area contributed by atoms with Crippen molar-refractivity contribution in [3.63, 3.8) is 0 Å².